The molecule has 0 amide bonds. The van der Waals surface area contributed by atoms with E-state index in [0.717, 1.165) is 10.5 Å². The molecule has 22 heavy (non-hydrogen) atoms. The highest BCUT2D eigenvalue weighted by molar-refractivity contribution is 7.97. The Hall–Kier alpha value is -1.62. The quantitative estimate of drug-likeness (QED) is 0.675. The number of ketones is 1. The Bertz CT molecular complexity index is 640. The second kappa shape index (κ2) is 6.65. The monoisotopic (exact) mass is 314 g/mol. The van der Waals surface area contributed by atoms with E-state index in [9.17, 15) is 4.79 Å². The Morgan fingerprint density at radius 2 is 1.41 bits per heavy atom. The maximum absolute atomic E-state index is 12.5. The lowest BCUT2D eigenvalue weighted by Crippen LogP contribution is -2.28. The SMILES string of the molecule is CN(C)Sc1ccc(C(=O)c2ccc(C(C)(C)N)cc2)cc1. The van der Waals surface area contributed by atoms with Crippen molar-refractivity contribution < 1.29 is 4.79 Å². The maximum Gasteiger partial charge on any atom is 0.193 e. The standard InChI is InChI=1S/C18H22N2OS/c1-18(2,19)15-9-5-13(6-10-15)17(21)14-7-11-16(12-8-14)22-20(3)4/h5-12H,19H2,1-4H3. The Labute approximate surface area is 136 Å². The topological polar surface area (TPSA) is 46.3 Å². The van der Waals surface area contributed by atoms with E-state index in [4.69, 9.17) is 5.73 Å². The molecule has 4 heteroatoms. The third kappa shape index (κ3) is 4.19. The molecule has 0 spiro atoms. The third-order valence-electron chi connectivity index (χ3n) is 3.30. The summed E-state index contributed by atoms with van der Waals surface area (Å²) in [4.78, 5) is 13.6. The first kappa shape index (κ1) is 16.7. The van der Waals surface area contributed by atoms with Crippen molar-refractivity contribution >= 4 is 17.7 Å². The van der Waals surface area contributed by atoms with Gasteiger partial charge < -0.3 is 5.73 Å². The van der Waals surface area contributed by atoms with Crippen molar-refractivity contribution in [3.8, 4) is 0 Å². The van der Waals surface area contributed by atoms with Crippen molar-refractivity contribution in [2.75, 3.05) is 14.1 Å². The average Bonchev–Trinajstić information content (AvgIpc) is 2.46. The number of nitrogens with zero attached hydrogens (tertiary/aromatic N) is 1. The lowest BCUT2D eigenvalue weighted by Gasteiger charge is -2.19. The summed E-state index contributed by atoms with van der Waals surface area (Å²) in [7, 11) is 3.98. The summed E-state index contributed by atoms with van der Waals surface area (Å²) in [5.41, 5.74) is 8.06. The van der Waals surface area contributed by atoms with E-state index in [0.29, 0.717) is 11.1 Å². The van der Waals surface area contributed by atoms with Gasteiger partial charge in [0.25, 0.3) is 0 Å². The van der Waals surface area contributed by atoms with Crippen molar-refractivity contribution in [3.63, 3.8) is 0 Å². The van der Waals surface area contributed by atoms with Crippen molar-refractivity contribution in [3.05, 3.63) is 65.2 Å². The summed E-state index contributed by atoms with van der Waals surface area (Å²) in [5.74, 6) is 0.0304. The molecule has 0 bridgehead atoms. The molecule has 0 aliphatic heterocycles. The average molecular weight is 314 g/mol. The van der Waals surface area contributed by atoms with Crippen molar-refractivity contribution in [1.82, 2.24) is 4.31 Å². The van der Waals surface area contributed by atoms with Gasteiger partial charge >= 0.3 is 0 Å². The molecule has 0 fully saturated rings. The first-order valence-corrected chi connectivity index (χ1v) is 7.94. The van der Waals surface area contributed by atoms with Crippen LogP contribution in [0.3, 0.4) is 0 Å². The maximum atomic E-state index is 12.5. The zero-order valence-electron chi connectivity index (χ0n) is 13.5. The van der Waals surface area contributed by atoms with Crippen LogP contribution in [0.2, 0.25) is 0 Å². The predicted octanol–water partition coefficient (Wildman–Crippen LogP) is 3.68. The van der Waals surface area contributed by atoms with Gasteiger partial charge in [0.15, 0.2) is 5.78 Å². The summed E-state index contributed by atoms with van der Waals surface area (Å²) in [6.45, 7) is 3.90. The van der Waals surface area contributed by atoms with E-state index in [1.807, 2.05) is 80.8 Å². The molecule has 116 valence electrons. The van der Waals surface area contributed by atoms with Gasteiger partial charge in [0, 0.05) is 21.6 Å². The highest BCUT2D eigenvalue weighted by atomic mass is 32.2. The third-order valence-corrected chi connectivity index (χ3v) is 4.14. The van der Waals surface area contributed by atoms with E-state index in [-0.39, 0.29) is 5.78 Å². The molecular formula is C18H22N2OS. The van der Waals surface area contributed by atoms with Crippen LogP contribution in [0.5, 0.6) is 0 Å². The molecule has 2 aromatic rings. The fourth-order valence-electron chi connectivity index (χ4n) is 2.10. The summed E-state index contributed by atoms with van der Waals surface area (Å²) >= 11 is 1.63. The van der Waals surface area contributed by atoms with E-state index >= 15 is 0 Å². The number of benzene rings is 2. The molecule has 0 heterocycles. The number of hydrogen-bond acceptors (Lipinski definition) is 4. The van der Waals surface area contributed by atoms with Crippen LogP contribution >= 0.6 is 11.9 Å². The highest BCUT2D eigenvalue weighted by Crippen LogP contribution is 2.22. The molecule has 0 saturated heterocycles. The van der Waals surface area contributed by atoms with Crippen molar-refractivity contribution in [1.29, 1.82) is 0 Å². The van der Waals surface area contributed by atoms with Crippen LogP contribution in [0.25, 0.3) is 0 Å². The molecule has 2 aromatic carbocycles. The van der Waals surface area contributed by atoms with Gasteiger partial charge in [0.1, 0.15) is 0 Å². The normalized spacial score (nSPS) is 11.7. The Morgan fingerprint density at radius 3 is 1.82 bits per heavy atom. The zero-order valence-corrected chi connectivity index (χ0v) is 14.3. The van der Waals surface area contributed by atoms with Gasteiger partial charge in [-0.05, 0) is 69.7 Å². The molecule has 0 unspecified atom stereocenters. The number of carbonyl (C=O) groups is 1. The van der Waals surface area contributed by atoms with E-state index in [2.05, 4.69) is 0 Å². The first-order chi connectivity index (χ1) is 10.3. The number of hydrogen-bond donors (Lipinski definition) is 1. The largest absolute Gasteiger partial charge is 0.322 e. The summed E-state index contributed by atoms with van der Waals surface area (Å²) in [5, 5.41) is 0. The second-order valence-electron chi connectivity index (χ2n) is 6.06. The molecule has 0 aliphatic carbocycles. The highest BCUT2D eigenvalue weighted by Gasteiger charge is 2.15. The number of nitrogens with two attached hydrogens (primary N) is 1. The van der Waals surface area contributed by atoms with Crippen molar-refractivity contribution in [2.24, 2.45) is 5.73 Å². The van der Waals surface area contributed by atoms with Crippen LogP contribution in [0.1, 0.15) is 35.3 Å². The van der Waals surface area contributed by atoms with Gasteiger partial charge in [0.2, 0.25) is 0 Å². The van der Waals surface area contributed by atoms with Gasteiger partial charge in [-0.25, -0.2) is 0 Å². The van der Waals surface area contributed by atoms with Crippen molar-refractivity contribution in [2.45, 2.75) is 24.3 Å². The lowest BCUT2D eigenvalue weighted by atomic mass is 9.93. The molecular weight excluding hydrogens is 292 g/mol. The summed E-state index contributed by atoms with van der Waals surface area (Å²) < 4.78 is 2.02. The van der Waals surface area contributed by atoms with Crippen LogP contribution in [-0.4, -0.2) is 24.2 Å². The first-order valence-electron chi connectivity index (χ1n) is 7.17. The minimum Gasteiger partial charge on any atom is -0.322 e. The van der Waals surface area contributed by atoms with Gasteiger partial charge in [-0.3, -0.25) is 9.10 Å². The molecule has 3 nitrogen and oxygen atoms in total. The molecule has 0 saturated carbocycles. The molecule has 0 atom stereocenters. The molecule has 2 N–H and O–H groups in total. The molecule has 0 aromatic heterocycles. The van der Waals surface area contributed by atoms with Crippen LogP contribution in [0, 0.1) is 0 Å². The van der Waals surface area contributed by atoms with Gasteiger partial charge in [-0.1, -0.05) is 24.3 Å². The van der Waals surface area contributed by atoms with Crippen LogP contribution < -0.4 is 5.73 Å². The molecule has 0 aliphatic rings. The summed E-state index contributed by atoms with van der Waals surface area (Å²) in [6.07, 6.45) is 0. The zero-order chi connectivity index (χ0) is 16.3. The van der Waals surface area contributed by atoms with Crippen LogP contribution in [-0.2, 0) is 5.54 Å². The number of carbonyl (C=O) groups excluding carboxylic acids is 1. The van der Waals surface area contributed by atoms with E-state index in [1.54, 1.807) is 11.9 Å². The molecule has 0 radical (unpaired) electrons. The lowest BCUT2D eigenvalue weighted by molar-refractivity contribution is 0.103. The van der Waals surface area contributed by atoms with Crippen LogP contribution in [0.15, 0.2) is 53.4 Å². The fourth-order valence-corrected chi connectivity index (χ4v) is 2.78. The van der Waals surface area contributed by atoms with Gasteiger partial charge in [-0.15, -0.1) is 0 Å². The minimum atomic E-state index is -0.396. The Balaban J connectivity index is 2.17. The fraction of sp³-hybridized carbons (Fsp3) is 0.278. The second-order valence-corrected chi connectivity index (χ2v) is 7.44. The van der Waals surface area contributed by atoms with E-state index in [1.165, 1.54) is 0 Å². The van der Waals surface area contributed by atoms with Gasteiger partial charge in [-0.2, -0.15) is 0 Å². The van der Waals surface area contributed by atoms with Gasteiger partial charge in [0.05, 0.1) is 0 Å². The number of rotatable bonds is 5. The van der Waals surface area contributed by atoms with E-state index < -0.39 is 5.54 Å². The smallest absolute Gasteiger partial charge is 0.193 e. The predicted molar refractivity (Wildman–Crippen MR) is 93.1 cm³/mol. The minimum absolute atomic E-state index is 0.0304. The summed E-state index contributed by atoms with van der Waals surface area (Å²) in [6, 6.07) is 15.2. The van der Waals surface area contributed by atoms with Crippen LogP contribution in [0.4, 0.5) is 0 Å². The molecule has 2 rings (SSSR count). The Kier molecular flexibility index (Phi) is 5.06. The Morgan fingerprint density at radius 1 is 0.955 bits per heavy atom.